The van der Waals surface area contributed by atoms with Crippen molar-refractivity contribution in [2.45, 2.75) is 63.0 Å². The van der Waals surface area contributed by atoms with Crippen molar-refractivity contribution in [3.63, 3.8) is 0 Å². The van der Waals surface area contributed by atoms with Crippen molar-refractivity contribution in [2.75, 3.05) is 26.3 Å². The zero-order chi connectivity index (χ0) is 30.0. The number of aliphatic hydroxyl groups is 1. The van der Waals surface area contributed by atoms with E-state index >= 15 is 0 Å². The normalized spacial score (nSPS) is 22.0. The molecule has 0 bridgehead atoms. The van der Waals surface area contributed by atoms with Crippen molar-refractivity contribution in [1.29, 1.82) is 0 Å². The van der Waals surface area contributed by atoms with Gasteiger partial charge in [-0.2, -0.15) is 4.31 Å². The van der Waals surface area contributed by atoms with Crippen LogP contribution >= 0.6 is 15.9 Å². The summed E-state index contributed by atoms with van der Waals surface area (Å²) in [5.74, 6) is -0.0494. The largest absolute Gasteiger partial charge is 0.449 e. The number of rotatable bonds is 11. The number of aliphatic hydroxyl groups excluding tert-OH is 1. The minimum absolute atomic E-state index is 0.0186. The number of hydrogen-bond acceptors (Lipinski definition) is 8. The molecule has 2 aliphatic rings. The van der Waals surface area contributed by atoms with E-state index in [2.05, 4.69) is 21.2 Å². The molecule has 2 aromatic carbocycles. The lowest BCUT2D eigenvalue weighted by atomic mass is 10.0. The lowest BCUT2D eigenvalue weighted by Gasteiger charge is -2.31. The zero-order valence-corrected chi connectivity index (χ0v) is 26.3. The number of halogens is 1. The van der Waals surface area contributed by atoms with Gasteiger partial charge >= 0.3 is 6.09 Å². The molecule has 1 amide bonds. The molecule has 228 valence electrons. The number of furan rings is 1. The Morgan fingerprint density at radius 1 is 1.17 bits per heavy atom. The summed E-state index contributed by atoms with van der Waals surface area (Å²) in [6.45, 7) is 6.42. The van der Waals surface area contributed by atoms with Crippen LogP contribution in [-0.4, -0.2) is 74.8 Å². The van der Waals surface area contributed by atoms with E-state index in [-0.39, 0.29) is 49.1 Å². The van der Waals surface area contributed by atoms with Crippen LogP contribution < -0.4 is 5.32 Å². The van der Waals surface area contributed by atoms with Crippen LogP contribution in [0.4, 0.5) is 4.79 Å². The van der Waals surface area contributed by atoms with Gasteiger partial charge in [-0.3, -0.25) is 0 Å². The van der Waals surface area contributed by atoms with Crippen LogP contribution in [0.3, 0.4) is 0 Å². The lowest BCUT2D eigenvalue weighted by molar-refractivity contribution is -0.0907. The minimum Gasteiger partial charge on any atom is -0.449 e. The van der Waals surface area contributed by atoms with Crippen LogP contribution in [-0.2, 0) is 30.7 Å². The standard InChI is InChI=1S/C30H37BrN2O8S/c1-18(2)15-33(42(36,37)21-9-10-26-23(14-21)19(3)28(31)40-26)16-25(34)24(13-20-7-5-4-6-8-20)32-30(35)41-27-17-39-29-22(27)11-12-38-29/h4-10,14,18,22,24-25,27,29,34H,11-13,15-17H2,1-3H3,(H,32,35)/t22-,24-,25+,27?,29+/m0/s1. The summed E-state index contributed by atoms with van der Waals surface area (Å²) in [7, 11) is -4.01. The maximum Gasteiger partial charge on any atom is 0.407 e. The second kappa shape index (κ2) is 13.0. The quantitative estimate of drug-likeness (QED) is 0.304. The molecule has 42 heavy (non-hydrogen) atoms. The first kappa shape index (κ1) is 31.0. The Hall–Kier alpha value is -2.48. The van der Waals surface area contributed by atoms with E-state index in [1.165, 1.54) is 10.4 Å². The third-order valence-corrected chi connectivity index (χ3v) is 10.3. The highest BCUT2D eigenvalue weighted by Gasteiger charge is 2.44. The number of sulfonamides is 1. The van der Waals surface area contributed by atoms with Crippen LogP contribution in [0, 0.1) is 18.8 Å². The predicted octanol–water partition coefficient (Wildman–Crippen LogP) is 4.61. The van der Waals surface area contributed by atoms with Gasteiger partial charge in [-0.25, -0.2) is 13.2 Å². The fraction of sp³-hybridized carbons (Fsp3) is 0.500. The van der Waals surface area contributed by atoms with Crippen LogP contribution in [0.1, 0.15) is 31.4 Å². The maximum absolute atomic E-state index is 13.9. The molecule has 3 heterocycles. The van der Waals surface area contributed by atoms with Gasteiger partial charge < -0.3 is 29.1 Å². The first-order valence-corrected chi connectivity index (χ1v) is 16.4. The summed E-state index contributed by atoms with van der Waals surface area (Å²) in [5, 5.41) is 15.0. The Morgan fingerprint density at radius 2 is 1.93 bits per heavy atom. The van der Waals surface area contributed by atoms with Crippen molar-refractivity contribution >= 4 is 43.0 Å². The van der Waals surface area contributed by atoms with Crippen molar-refractivity contribution < 1.29 is 36.9 Å². The van der Waals surface area contributed by atoms with Crippen molar-refractivity contribution in [2.24, 2.45) is 11.8 Å². The molecule has 0 radical (unpaired) electrons. The van der Waals surface area contributed by atoms with E-state index < -0.39 is 34.4 Å². The number of ether oxygens (including phenoxy) is 3. The molecule has 0 spiro atoms. The van der Waals surface area contributed by atoms with Gasteiger partial charge in [-0.1, -0.05) is 44.2 Å². The average Bonchev–Trinajstić information content (AvgIpc) is 3.64. The summed E-state index contributed by atoms with van der Waals surface area (Å²) in [5.41, 5.74) is 2.24. The molecular formula is C30H37BrN2O8S. The van der Waals surface area contributed by atoms with Gasteiger partial charge in [-0.05, 0) is 65.4 Å². The topological polar surface area (TPSA) is 128 Å². The molecule has 1 aromatic heterocycles. The molecule has 3 aromatic rings. The Morgan fingerprint density at radius 3 is 2.67 bits per heavy atom. The smallest absolute Gasteiger partial charge is 0.407 e. The average molecular weight is 666 g/mol. The van der Waals surface area contributed by atoms with Gasteiger partial charge in [0.05, 0.1) is 36.2 Å². The predicted molar refractivity (Wildman–Crippen MR) is 159 cm³/mol. The summed E-state index contributed by atoms with van der Waals surface area (Å²) < 4.78 is 52.2. The number of amides is 1. The number of nitrogens with one attached hydrogen (secondary N) is 1. The summed E-state index contributed by atoms with van der Waals surface area (Å²) >= 11 is 3.36. The van der Waals surface area contributed by atoms with Gasteiger partial charge in [-0.15, -0.1) is 0 Å². The molecule has 2 aliphatic heterocycles. The Bertz CT molecular complexity index is 1500. The molecule has 2 fully saturated rings. The molecule has 12 heteroatoms. The number of hydrogen-bond donors (Lipinski definition) is 2. The third-order valence-electron chi connectivity index (χ3n) is 7.76. The second-order valence-electron chi connectivity index (χ2n) is 11.4. The number of fused-ring (bicyclic) bond motifs is 2. The second-order valence-corrected chi connectivity index (χ2v) is 14.0. The Labute approximate surface area is 254 Å². The number of benzene rings is 2. The highest BCUT2D eigenvalue weighted by molar-refractivity contribution is 9.10. The first-order valence-electron chi connectivity index (χ1n) is 14.1. The van der Waals surface area contributed by atoms with Crippen LogP contribution in [0.15, 0.2) is 62.5 Å². The summed E-state index contributed by atoms with van der Waals surface area (Å²) in [6, 6.07) is 13.3. The molecule has 5 atom stereocenters. The number of aryl methyl sites for hydroxylation is 1. The number of nitrogens with zero attached hydrogens (tertiary/aromatic N) is 1. The van der Waals surface area contributed by atoms with Crippen molar-refractivity contribution in [3.8, 4) is 0 Å². The molecule has 2 saturated heterocycles. The molecule has 0 aliphatic carbocycles. The summed E-state index contributed by atoms with van der Waals surface area (Å²) in [4.78, 5) is 13.1. The Kier molecular flexibility index (Phi) is 9.60. The molecule has 5 rings (SSSR count). The SMILES string of the molecule is Cc1c(Br)oc2ccc(S(=O)(=O)N(CC(C)C)C[C@@H](O)[C@H](Cc3ccccc3)NC(=O)OC3CO[C@H]4OCC[C@@H]34)cc12. The monoisotopic (exact) mass is 664 g/mol. The molecular weight excluding hydrogens is 628 g/mol. The van der Waals surface area contributed by atoms with Gasteiger partial charge in [0.25, 0.3) is 0 Å². The van der Waals surface area contributed by atoms with E-state index in [0.717, 1.165) is 17.5 Å². The minimum atomic E-state index is -4.01. The van der Waals surface area contributed by atoms with Crippen molar-refractivity contribution in [1.82, 2.24) is 9.62 Å². The van der Waals surface area contributed by atoms with Gasteiger partial charge in [0.2, 0.25) is 10.0 Å². The van der Waals surface area contributed by atoms with Crippen molar-refractivity contribution in [3.05, 3.63) is 64.3 Å². The van der Waals surface area contributed by atoms with Gasteiger partial charge in [0.15, 0.2) is 11.0 Å². The van der Waals surface area contributed by atoms with E-state index in [9.17, 15) is 18.3 Å². The first-order chi connectivity index (χ1) is 20.0. The third kappa shape index (κ3) is 6.84. The van der Waals surface area contributed by atoms with E-state index in [1.807, 2.05) is 51.1 Å². The van der Waals surface area contributed by atoms with Gasteiger partial charge in [0.1, 0.15) is 11.7 Å². The Balaban J connectivity index is 1.36. The highest BCUT2D eigenvalue weighted by Crippen LogP contribution is 2.34. The fourth-order valence-corrected chi connectivity index (χ4v) is 7.55. The molecule has 0 saturated carbocycles. The van der Waals surface area contributed by atoms with Gasteiger partial charge in [0, 0.05) is 24.0 Å². The molecule has 10 nitrogen and oxygen atoms in total. The summed E-state index contributed by atoms with van der Waals surface area (Å²) in [6.07, 6.45) is -1.73. The zero-order valence-electron chi connectivity index (χ0n) is 23.9. The fourth-order valence-electron chi connectivity index (χ4n) is 5.52. The number of carbonyl (C=O) groups is 1. The van der Waals surface area contributed by atoms with E-state index in [0.29, 0.717) is 22.2 Å². The maximum atomic E-state index is 13.9. The highest BCUT2D eigenvalue weighted by atomic mass is 79.9. The van der Waals surface area contributed by atoms with E-state index in [4.69, 9.17) is 18.6 Å². The lowest BCUT2D eigenvalue weighted by Crippen LogP contribution is -2.51. The van der Waals surface area contributed by atoms with E-state index in [1.54, 1.807) is 12.1 Å². The number of carbonyl (C=O) groups excluding carboxylic acids is 1. The van der Waals surface area contributed by atoms with Crippen LogP contribution in [0.2, 0.25) is 0 Å². The molecule has 2 N–H and O–H groups in total. The van der Waals surface area contributed by atoms with Crippen LogP contribution in [0.25, 0.3) is 11.0 Å². The number of alkyl carbamates (subject to hydrolysis) is 1. The molecule has 1 unspecified atom stereocenters. The van der Waals surface area contributed by atoms with Crippen LogP contribution in [0.5, 0.6) is 0 Å².